The molecule has 2 rings (SSSR count). The molecule has 24 heavy (non-hydrogen) atoms. The maximum absolute atomic E-state index is 12.6. The second kappa shape index (κ2) is 6.76. The third-order valence-electron chi connectivity index (χ3n) is 3.66. The van der Waals surface area contributed by atoms with Gasteiger partial charge in [0, 0.05) is 30.6 Å². The predicted octanol–water partition coefficient (Wildman–Crippen LogP) is 1.02. The number of aliphatic hydroxyl groups is 1. The van der Waals surface area contributed by atoms with Crippen LogP contribution < -0.4 is 9.62 Å². The number of carboxylic acid groups (broad SMARTS) is 1. The van der Waals surface area contributed by atoms with Crippen molar-refractivity contribution in [1.82, 2.24) is 4.72 Å². The van der Waals surface area contributed by atoms with Crippen LogP contribution in [0.5, 0.6) is 0 Å². The minimum Gasteiger partial charge on any atom is -0.480 e. The number of carboxylic acids is 1. The molecule has 0 saturated heterocycles. The van der Waals surface area contributed by atoms with Gasteiger partial charge < -0.3 is 15.1 Å². The first kappa shape index (κ1) is 18.2. The summed E-state index contributed by atoms with van der Waals surface area (Å²) in [6.07, 6.45) is -1.37. The summed E-state index contributed by atoms with van der Waals surface area (Å²) in [7, 11) is -0.429. The van der Waals surface area contributed by atoms with Crippen molar-refractivity contribution in [3.63, 3.8) is 0 Å². The standard InChI is InChI=1S/C16H20N2O5S/c1-10(19)15(16(20)21)17-24(22,23)14-9-5-6-11-12(14)7-4-8-13(11)18(2)3/h4-10,15,17,19H,1-3H3,(H,20,21)/t10?,15-/m1/s1. The van der Waals surface area contributed by atoms with Gasteiger partial charge in [0.05, 0.1) is 11.0 Å². The molecule has 0 aliphatic rings. The molecule has 8 heteroatoms. The maximum Gasteiger partial charge on any atom is 0.324 e. The van der Waals surface area contributed by atoms with Crippen molar-refractivity contribution in [3.05, 3.63) is 36.4 Å². The van der Waals surface area contributed by atoms with Gasteiger partial charge in [-0.1, -0.05) is 24.3 Å². The molecular formula is C16H20N2O5S. The third kappa shape index (κ3) is 3.50. The molecule has 0 heterocycles. The Morgan fingerprint density at radius 3 is 2.25 bits per heavy atom. The smallest absolute Gasteiger partial charge is 0.324 e. The lowest BCUT2D eigenvalue weighted by atomic mass is 10.1. The Balaban J connectivity index is 2.59. The Kier molecular flexibility index (Phi) is 5.12. The van der Waals surface area contributed by atoms with Crippen LogP contribution in [-0.4, -0.2) is 50.8 Å². The molecule has 0 fully saturated rings. The first-order valence-electron chi connectivity index (χ1n) is 7.27. The minimum absolute atomic E-state index is 0.0319. The molecule has 7 nitrogen and oxygen atoms in total. The van der Waals surface area contributed by atoms with Crippen LogP contribution in [0.15, 0.2) is 41.3 Å². The SMILES string of the molecule is CC(O)[C@@H](NS(=O)(=O)c1cccc2c(N(C)C)cccc12)C(=O)O. The Morgan fingerprint density at radius 1 is 1.12 bits per heavy atom. The predicted molar refractivity (Wildman–Crippen MR) is 91.7 cm³/mol. The number of aliphatic hydroxyl groups excluding tert-OH is 1. The summed E-state index contributed by atoms with van der Waals surface area (Å²) < 4.78 is 27.4. The highest BCUT2D eigenvalue weighted by atomic mass is 32.2. The van der Waals surface area contributed by atoms with Gasteiger partial charge in [-0.3, -0.25) is 4.79 Å². The molecule has 0 spiro atoms. The minimum atomic E-state index is -4.13. The molecule has 2 atom stereocenters. The second-order valence-electron chi connectivity index (χ2n) is 5.70. The van der Waals surface area contributed by atoms with Gasteiger partial charge in [-0.05, 0) is 19.1 Å². The first-order valence-corrected chi connectivity index (χ1v) is 8.75. The van der Waals surface area contributed by atoms with Crippen LogP contribution in [0.2, 0.25) is 0 Å². The molecule has 130 valence electrons. The Morgan fingerprint density at radius 2 is 1.71 bits per heavy atom. The summed E-state index contributed by atoms with van der Waals surface area (Å²) in [6.45, 7) is 1.22. The van der Waals surface area contributed by atoms with Crippen molar-refractivity contribution < 1.29 is 23.4 Å². The van der Waals surface area contributed by atoms with Gasteiger partial charge in [0.15, 0.2) is 0 Å². The van der Waals surface area contributed by atoms with Gasteiger partial charge in [0.2, 0.25) is 10.0 Å². The van der Waals surface area contributed by atoms with Crippen molar-refractivity contribution in [1.29, 1.82) is 0 Å². The number of hydrogen-bond donors (Lipinski definition) is 3. The third-order valence-corrected chi connectivity index (χ3v) is 5.16. The lowest BCUT2D eigenvalue weighted by Gasteiger charge is -2.19. The number of aliphatic carboxylic acids is 1. The molecular weight excluding hydrogens is 332 g/mol. The highest BCUT2D eigenvalue weighted by Gasteiger charge is 2.30. The fraction of sp³-hybridized carbons (Fsp3) is 0.312. The zero-order chi connectivity index (χ0) is 18.1. The molecule has 0 aliphatic heterocycles. The Bertz CT molecular complexity index is 862. The summed E-state index contributed by atoms with van der Waals surface area (Å²) in [5.74, 6) is -1.44. The van der Waals surface area contributed by atoms with Crippen LogP contribution >= 0.6 is 0 Å². The average Bonchev–Trinajstić information content (AvgIpc) is 2.50. The molecule has 1 unspecified atom stereocenters. The zero-order valence-corrected chi connectivity index (χ0v) is 14.4. The largest absolute Gasteiger partial charge is 0.480 e. The number of benzene rings is 2. The summed E-state index contributed by atoms with van der Waals surface area (Å²) >= 11 is 0. The number of nitrogens with one attached hydrogen (secondary N) is 1. The quantitative estimate of drug-likeness (QED) is 0.716. The van der Waals surface area contributed by atoms with E-state index in [1.54, 1.807) is 24.3 Å². The topological polar surface area (TPSA) is 107 Å². The van der Waals surface area contributed by atoms with Crippen LogP contribution in [0.4, 0.5) is 5.69 Å². The number of rotatable bonds is 6. The van der Waals surface area contributed by atoms with E-state index in [0.717, 1.165) is 11.1 Å². The number of fused-ring (bicyclic) bond motifs is 1. The van der Waals surface area contributed by atoms with Crippen molar-refractivity contribution in [2.75, 3.05) is 19.0 Å². The molecule has 2 aromatic rings. The molecule has 0 aromatic heterocycles. The van der Waals surface area contributed by atoms with Gasteiger partial charge in [-0.15, -0.1) is 0 Å². The second-order valence-corrected chi connectivity index (χ2v) is 7.38. The summed E-state index contributed by atoms with van der Waals surface area (Å²) in [5.41, 5.74) is 0.842. The van der Waals surface area contributed by atoms with Crippen molar-refractivity contribution in [2.45, 2.75) is 24.0 Å². The summed E-state index contributed by atoms with van der Waals surface area (Å²) in [6, 6.07) is 8.44. The Hall–Kier alpha value is -2.16. The van der Waals surface area contributed by atoms with E-state index in [1.807, 2.05) is 25.1 Å². The number of hydrogen-bond acceptors (Lipinski definition) is 5. The van der Waals surface area contributed by atoms with E-state index in [0.29, 0.717) is 5.39 Å². The fourth-order valence-corrected chi connectivity index (χ4v) is 3.96. The van der Waals surface area contributed by atoms with E-state index in [9.17, 15) is 18.3 Å². The maximum atomic E-state index is 12.6. The van der Waals surface area contributed by atoms with Crippen LogP contribution in [0.3, 0.4) is 0 Å². The van der Waals surface area contributed by atoms with Gasteiger partial charge in [-0.25, -0.2) is 8.42 Å². The zero-order valence-electron chi connectivity index (χ0n) is 13.6. The van der Waals surface area contributed by atoms with E-state index in [-0.39, 0.29) is 4.90 Å². The van der Waals surface area contributed by atoms with Gasteiger partial charge in [-0.2, -0.15) is 4.72 Å². The van der Waals surface area contributed by atoms with Crippen LogP contribution in [0.1, 0.15) is 6.92 Å². The van der Waals surface area contributed by atoms with E-state index in [1.165, 1.54) is 13.0 Å². The highest BCUT2D eigenvalue weighted by molar-refractivity contribution is 7.89. The summed E-state index contributed by atoms with van der Waals surface area (Å²) in [5, 5.41) is 19.8. The lowest BCUT2D eigenvalue weighted by Crippen LogP contribution is -2.47. The number of carbonyl (C=O) groups is 1. The first-order chi connectivity index (χ1) is 11.1. The van der Waals surface area contributed by atoms with Gasteiger partial charge in [0.25, 0.3) is 0 Å². The lowest BCUT2D eigenvalue weighted by molar-refractivity contribution is -0.141. The normalized spacial score (nSPS) is 14.3. The number of sulfonamides is 1. The monoisotopic (exact) mass is 352 g/mol. The molecule has 2 aromatic carbocycles. The molecule has 0 aliphatic carbocycles. The number of nitrogens with zero attached hydrogens (tertiary/aromatic N) is 1. The fourth-order valence-electron chi connectivity index (χ4n) is 2.47. The highest BCUT2D eigenvalue weighted by Crippen LogP contribution is 2.30. The van der Waals surface area contributed by atoms with Crippen molar-refractivity contribution >= 4 is 32.5 Å². The van der Waals surface area contributed by atoms with Crippen molar-refractivity contribution in [3.8, 4) is 0 Å². The van der Waals surface area contributed by atoms with Crippen molar-refractivity contribution in [2.24, 2.45) is 0 Å². The summed E-state index contributed by atoms with van der Waals surface area (Å²) in [4.78, 5) is 13.0. The van der Waals surface area contributed by atoms with Gasteiger partial charge >= 0.3 is 5.97 Å². The molecule has 0 radical (unpaired) electrons. The van der Waals surface area contributed by atoms with E-state index >= 15 is 0 Å². The van der Waals surface area contributed by atoms with E-state index in [2.05, 4.69) is 4.72 Å². The van der Waals surface area contributed by atoms with E-state index < -0.39 is 28.1 Å². The van der Waals surface area contributed by atoms with Crippen LogP contribution in [-0.2, 0) is 14.8 Å². The van der Waals surface area contributed by atoms with E-state index in [4.69, 9.17) is 5.11 Å². The molecule has 0 saturated carbocycles. The average molecular weight is 352 g/mol. The molecule has 0 amide bonds. The molecule has 0 bridgehead atoms. The molecule has 3 N–H and O–H groups in total. The van der Waals surface area contributed by atoms with Crippen LogP contribution in [0.25, 0.3) is 10.8 Å². The Labute approximate surface area is 140 Å². The van der Waals surface area contributed by atoms with Crippen LogP contribution in [0, 0.1) is 0 Å². The van der Waals surface area contributed by atoms with Gasteiger partial charge in [0.1, 0.15) is 6.04 Å². The number of anilines is 1.